The first-order valence-corrected chi connectivity index (χ1v) is 5.99. The average molecular weight is 270 g/mol. The number of rotatable bonds is 5. The molecule has 0 unspecified atom stereocenters. The Bertz CT molecular complexity index is 609. The molecule has 0 saturated carbocycles. The third-order valence-corrected chi connectivity index (χ3v) is 2.73. The molecule has 2 rings (SSSR count). The Labute approximate surface area is 116 Å². The van der Waals surface area contributed by atoms with E-state index in [4.69, 9.17) is 4.74 Å². The number of hydrogen-bond acceptors (Lipinski definition) is 3. The van der Waals surface area contributed by atoms with E-state index >= 15 is 0 Å². The van der Waals surface area contributed by atoms with Gasteiger partial charge in [0.15, 0.2) is 0 Å². The number of para-hydroxylation sites is 2. The second kappa shape index (κ2) is 6.38. The summed E-state index contributed by atoms with van der Waals surface area (Å²) in [6.07, 6.45) is 0.587. The topological polar surface area (TPSA) is 67.4 Å². The van der Waals surface area contributed by atoms with Gasteiger partial charge in [-0.15, -0.1) is 0 Å². The van der Waals surface area contributed by atoms with E-state index < -0.39 is 0 Å². The predicted molar refractivity (Wildman–Crippen MR) is 77.1 cm³/mol. The normalized spacial score (nSPS) is 9.65. The van der Waals surface area contributed by atoms with Crippen molar-refractivity contribution < 1.29 is 14.3 Å². The van der Waals surface area contributed by atoms with Crippen LogP contribution in [-0.4, -0.2) is 19.4 Å². The lowest BCUT2D eigenvalue weighted by atomic mass is 10.2. The predicted octanol–water partition coefficient (Wildman–Crippen LogP) is 2.52. The molecule has 0 bridgehead atoms. The van der Waals surface area contributed by atoms with Crippen LogP contribution < -0.4 is 15.4 Å². The standard InChI is InChI=1S/C15H14N2O3/c1-20-14-5-3-2-4-13(14)17-15(19)11-6-8-12(9-7-11)16-10-18/h2-10H,1H3,(H,16,18)(H,17,19). The van der Waals surface area contributed by atoms with E-state index in [0.717, 1.165) is 0 Å². The van der Waals surface area contributed by atoms with Crippen LogP contribution in [0.15, 0.2) is 48.5 Å². The largest absolute Gasteiger partial charge is 0.495 e. The van der Waals surface area contributed by atoms with Crippen LogP contribution in [0, 0.1) is 0 Å². The van der Waals surface area contributed by atoms with E-state index in [1.165, 1.54) is 0 Å². The number of amides is 2. The summed E-state index contributed by atoms with van der Waals surface area (Å²) in [4.78, 5) is 22.4. The molecule has 0 aliphatic carbocycles. The summed E-state index contributed by atoms with van der Waals surface area (Å²) in [5.41, 5.74) is 1.73. The quantitative estimate of drug-likeness (QED) is 0.820. The van der Waals surface area contributed by atoms with Gasteiger partial charge in [0.1, 0.15) is 5.75 Å². The van der Waals surface area contributed by atoms with Gasteiger partial charge in [-0.3, -0.25) is 9.59 Å². The Morgan fingerprint density at radius 2 is 1.80 bits per heavy atom. The van der Waals surface area contributed by atoms with Crippen LogP contribution in [-0.2, 0) is 4.79 Å². The number of hydrogen-bond donors (Lipinski definition) is 2. The number of nitrogens with one attached hydrogen (secondary N) is 2. The monoisotopic (exact) mass is 270 g/mol. The van der Waals surface area contributed by atoms with Crippen LogP contribution >= 0.6 is 0 Å². The molecule has 102 valence electrons. The van der Waals surface area contributed by atoms with E-state index in [1.54, 1.807) is 43.5 Å². The first-order chi connectivity index (χ1) is 9.74. The van der Waals surface area contributed by atoms with Gasteiger partial charge in [0.2, 0.25) is 6.41 Å². The first-order valence-electron chi connectivity index (χ1n) is 5.99. The highest BCUT2D eigenvalue weighted by molar-refractivity contribution is 6.05. The molecule has 5 heteroatoms. The van der Waals surface area contributed by atoms with Crippen LogP contribution in [0.1, 0.15) is 10.4 Å². The summed E-state index contributed by atoms with van der Waals surface area (Å²) < 4.78 is 5.17. The lowest BCUT2D eigenvalue weighted by molar-refractivity contribution is -0.105. The summed E-state index contributed by atoms with van der Waals surface area (Å²) >= 11 is 0. The van der Waals surface area contributed by atoms with Gasteiger partial charge < -0.3 is 15.4 Å². The molecular weight excluding hydrogens is 256 g/mol. The highest BCUT2D eigenvalue weighted by atomic mass is 16.5. The van der Waals surface area contributed by atoms with Crippen molar-refractivity contribution >= 4 is 23.7 Å². The van der Waals surface area contributed by atoms with E-state index in [2.05, 4.69) is 10.6 Å². The van der Waals surface area contributed by atoms with E-state index in [0.29, 0.717) is 29.1 Å². The molecule has 0 radical (unpaired) electrons. The smallest absolute Gasteiger partial charge is 0.255 e. The van der Waals surface area contributed by atoms with Crippen molar-refractivity contribution in [2.24, 2.45) is 0 Å². The molecule has 2 aromatic rings. The second-order valence-electron chi connectivity index (χ2n) is 3.99. The van der Waals surface area contributed by atoms with Gasteiger partial charge in [-0.25, -0.2) is 0 Å². The molecular formula is C15H14N2O3. The molecule has 0 heterocycles. The summed E-state index contributed by atoms with van der Waals surface area (Å²) in [6.45, 7) is 0. The van der Waals surface area contributed by atoms with Crippen LogP contribution in [0.25, 0.3) is 0 Å². The fraction of sp³-hybridized carbons (Fsp3) is 0.0667. The van der Waals surface area contributed by atoms with Crippen molar-refractivity contribution in [3.8, 4) is 5.75 Å². The van der Waals surface area contributed by atoms with E-state index in [-0.39, 0.29) is 5.91 Å². The maximum absolute atomic E-state index is 12.1. The third kappa shape index (κ3) is 3.14. The molecule has 2 N–H and O–H groups in total. The number of methoxy groups -OCH3 is 1. The van der Waals surface area contributed by atoms with Crippen LogP contribution in [0.5, 0.6) is 5.75 Å². The molecule has 0 aliphatic heterocycles. The maximum Gasteiger partial charge on any atom is 0.255 e. The Morgan fingerprint density at radius 1 is 1.10 bits per heavy atom. The van der Waals surface area contributed by atoms with Gasteiger partial charge in [-0.05, 0) is 36.4 Å². The molecule has 0 fully saturated rings. The van der Waals surface area contributed by atoms with Crippen molar-refractivity contribution in [1.82, 2.24) is 0 Å². The Balaban J connectivity index is 2.13. The molecule has 0 aromatic heterocycles. The molecule has 2 aromatic carbocycles. The van der Waals surface area contributed by atoms with Crippen LogP contribution in [0.3, 0.4) is 0 Å². The van der Waals surface area contributed by atoms with Crippen LogP contribution in [0.2, 0.25) is 0 Å². The lowest BCUT2D eigenvalue weighted by Gasteiger charge is -2.10. The minimum atomic E-state index is -0.243. The maximum atomic E-state index is 12.1. The summed E-state index contributed by atoms with van der Waals surface area (Å²) in [5, 5.41) is 5.28. The second-order valence-corrected chi connectivity index (χ2v) is 3.99. The molecule has 20 heavy (non-hydrogen) atoms. The highest BCUT2D eigenvalue weighted by Gasteiger charge is 2.09. The van der Waals surface area contributed by atoms with Gasteiger partial charge in [-0.2, -0.15) is 0 Å². The number of carbonyl (C=O) groups excluding carboxylic acids is 2. The number of benzene rings is 2. The summed E-state index contributed by atoms with van der Waals surface area (Å²) in [7, 11) is 1.55. The van der Waals surface area contributed by atoms with Crippen molar-refractivity contribution in [3.63, 3.8) is 0 Å². The average Bonchev–Trinajstić information content (AvgIpc) is 2.49. The van der Waals surface area contributed by atoms with E-state index in [1.807, 2.05) is 12.1 Å². The van der Waals surface area contributed by atoms with Gasteiger partial charge in [0, 0.05) is 11.3 Å². The first kappa shape index (κ1) is 13.6. The fourth-order valence-corrected chi connectivity index (χ4v) is 1.73. The van der Waals surface area contributed by atoms with Crippen LogP contribution in [0.4, 0.5) is 11.4 Å². The zero-order valence-corrected chi connectivity index (χ0v) is 10.9. The molecule has 0 saturated heterocycles. The zero-order chi connectivity index (χ0) is 14.4. The lowest BCUT2D eigenvalue weighted by Crippen LogP contribution is -2.12. The Hall–Kier alpha value is -2.82. The van der Waals surface area contributed by atoms with Gasteiger partial charge in [0.05, 0.1) is 12.8 Å². The molecule has 5 nitrogen and oxygen atoms in total. The highest BCUT2D eigenvalue weighted by Crippen LogP contribution is 2.23. The van der Waals surface area contributed by atoms with Crippen molar-refractivity contribution in [2.75, 3.05) is 17.7 Å². The molecule has 0 atom stereocenters. The van der Waals surface area contributed by atoms with Gasteiger partial charge in [-0.1, -0.05) is 12.1 Å². The van der Waals surface area contributed by atoms with Gasteiger partial charge >= 0.3 is 0 Å². The minimum Gasteiger partial charge on any atom is -0.495 e. The minimum absolute atomic E-state index is 0.243. The Morgan fingerprint density at radius 3 is 2.45 bits per heavy atom. The van der Waals surface area contributed by atoms with Crippen molar-refractivity contribution in [2.45, 2.75) is 0 Å². The number of anilines is 2. The van der Waals surface area contributed by atoms with Gasteiger partial charge in [0.25, 0.3) is 5.91 Å². The summed E-state index contributed by atoms with van der Waals surface area (Å²) in [5.74, 6) is 0.354. The SMILES string of the molecule is COc1ccccc1NC(=O)c1ccc(NC=O)cc1. The molecule has 2 amide bonds. The third-order valence-electron chi connectivity index (χ3n) is 2.73. The molecule has 0 aliphatic rings. The fourth-order valence-electron chi connectivity index (χ4n) is 1.73. The zero-order valence-electron chi connectivity index (χ0n) is 10.9. The Kier molecular flexibility index (Phi) is 4.34. The van der Waals surface area contributed by atoms with Crippen molar-refractivity contribution in [1.29, 1.82) is 0 Å². The number of ether oxygens (including phenoxy) is 1. The summed E-state index contributed by atoms with van der Waals surface area (Å²) in [6, 6.07) is 13.8. The van der Waals surface area contributed by atoms with Crippen molar-refractivity contribution in [3.05, 3.63) is 54.1 Å². The van der Waals surface area contributed by atoms with E-state index in [9.17, 15) is 9.59 Å². The number of carbonyl (C=O) groups is 2. The molecule has 0 spiro atoms.